The number of benzene rings is 2. The molecule has 0 spiro atoms. The van der Waals surface area contributed by atoms with Crippen molar-refractivity contribution in [3.8, 4) is 0 Å². The Bertz CT molecular complexity index is 1210. The van der Waals surface area contributed by atoms with Crippen molar-refractivity contribution in [2.45, 2.75) is 11.8 Å². The first kappa shape index (κ1) is 22.8. The first-order valence-corrected chi connectivity index (χ1v) is 12.7. The van der Waals surface area contributed by atoms with Gasteiger partial charge in [0.05, 0.1) is 28.3 Å². The van der Waals surface area contributed by atoms with E-state index in [1.807, 2.05) is 25.1 Å². The lowest BCUT2D eigenvalue weighted by Crippen LogP contribution is -2.44. The van der Waals surface area contributed by atoms with E-state index in [-0.39, 0.29) is 4.90 Å². The van der Waals surface area contributed by atoms with E-state index in [0.717, 1.165) is 41.0 Å². The van der Waals surface area contributed by atoms with Gasteiger partial charge in [0.1, 0.15) is 11.6 Å². The number of hydrogen-bond donors (Lipinski definition) is 0. The molecule has 32 heavy (non-hydrogen) atoms. The first-order valence-electron chi connectivity index (χ1n) is 10.3. The number of morpholine rings is 1. The van der Waals surface area contributed by atoms with Crippen LogP contribution in [-0.4, -0.2) is 69.4 Å². The number of ether oxygens (including phenoxy) is 1. The standard InChI is InChI=1S/C22H24FN3O4S2/c1-16-2-7-19-20(14-16)31-22(24-19)26(9-8-25-10-12-30-13-11-25)21(27)15-32(28,29)18-5-3-17(23)4-6-18/h2-7,14H,8-13,15H2,1H3. The first-order chi connectivity index (χ1) is 15.3. The van der Waals surface area contributed by atoms with Gasteiger partial charge in [-0.1, -0.05) is 17.4 Å². The van der Waals surface area contributed by atoms with Crippen LogP contribution in [0.4, 0.5) is 9.52 Å². The molecule has 0 unspecified atom stereocenters. The van der Waals surface area contributed by atoms with Crippen LogP contribution in [0, 0.1) is 12.7 Å². The summed E-state index contributed by atoms with van der Waals surface area (Å²) in [6.07, 6.45) is 0. The highest BCUT2D eigenvalue weighted by atomic mass is 32.2. The Labute approximate surface area is 190 Å². The second-order valence-electron chi connectivity index (χ2n) is 7.68. The smallest absolute Gasteiger partial charge is 0.244 e. The molecule has 0 aliphatic carbocycles. The number of carbonyl (C=O) groups is 1. The van der Waals surface area contributed by atoms with Gasteiger partial charge in [-0.2, -0.15) is 0 Å². The van der Waals surface area contributed by atoms with Gasteiger partial charge >= 0.3 is 0 Å². The molecule has 4 rings (SSSR count). The van der Waals surface area contributed by atoms with E-state index in [2.05, 4.69) is 9.88 Å². The Morgan fingerprint density at radius 1 is 1.19 bits per heavy atom. The van der Waals surface area contributed by atoms with E-state index < -0.39 is 27.3 Å². The topological polar surface area (TPSA) is 79.8 Å². The predicted octanol–water partition coefficient (Wildman–Crippen LogP) is 2.88. The number of halogens is 1. The van der Waals surface area contributed by atoms with E-state index in [0.29, 0.717) is 31.4 Å². The SMILES string of the molecule is Cc1ccc2nc(N(CCN3CCOCC3)C(=O)CS(=O)(=O)c3ccc(F)cc3)sc2c1. The Balaban J connectivity index is 1.59. The quantitative estimate of drug-likeness (QED) is 0.487. The fraction of sp³-hybridized carbons (Fsp3) is 0.364. The van der Waals surface area contributed by atoms with Crippen molar-refractivity contribution in [2.24, 2.45) is 0 Å². The molecule has 0 radical (unpaired) electrons. The third-order valence-electron chi connectivity index (χ3n) is 5.29. The highest BCUT2D eigenvalue weighted by Crippen LogP contribution is 2.30. The molecular weight excluding hydrogens is 453 g/mol. The number of hydrogen-bond acceptors (Lipinski definition) is 7. The average Bonchev–Trinajstić information content (AvgIpc) is 3.17. The highest BCUT2D eigenvalue weighted by molar-refractivity contribution is 7.92. The fourth-order valence-electron chi connectivity index (χ4n) is 3.49. The maximum absolute atomic E-state index is 13.2. The maximum atomic E-state index is 13.2. The zero-order valence-electron chi connectivity index (χ0n) is 17.7. The molecule has 0 saturated carbocycles. The maximum Gasteiger partial charge on any atom is 0.244 e. The zero-order chi connectivity index (χ0) is 22.7. The number of nitrogens with zero attached hydrogens (tertiary/aromatic N) is 3. The van der Waals surface area contributed by atoms with Crippen LogP contribution in [0.1, 0.15) is 5.56 Å². The van der Waals surface area contributed by atoms with Crippen LogP contribution in [0.5, 0.6) is 0 Å². The lowest BCUT2D eigenvalue weighted by Gasteiger charge is -2.29. The average molecular weight is 478 g/mol. The Kier molecular flexibility index (Phi) is 6.85. The monoisotopic (exact) mass is 477 g/mol. The molecule has 2 heterocycles. The molecule has 0 bridgehead atoms. The highest BCUT2D eigenvalue weighted by Gasteiger charge is 2.27. The normalized spacial score (nSPS) is 15.2. The molecule has 10 heteroatoms. The van der Waals surface area contributed by atoms with Gasteiger partial charge in [-0.25, -0.2) is 17.8 Å². The van der Waals surface area contributed by atoms with Crippen molar-refractivity contribution in [3.63, 3.8) is 0 Å². The molecule has 0 atom stereocenters. The zero-order valence-corrected chi connectivity index (χ0v) is 19.3. The number of aromatic nitrogens is 1. The minimum absolute atomic E-state index is 0.0831. The van der Waals surface area contributed by atoms with Crippen LogP contribution in [0.15, 0.2) is 47.4 Å². The Morgan fingerprint density at radius 3 is 2.62 bits per heavy atom. The summed E-state index contributed by atoms with van der Waals surface area (Å²) in [7, 11) is -3.92. The van der Waals surface area contributed by atoms with Gasteiger partial charge in [-0.3, -0.25) is 14.6 Å². The lowest BCUT2D eigenvalue weighted by molar-refractivity contribution is -0.116. The van der Waals surface area contributed by atoms with Crippen LogP contribution in [0.3, 0.4) is 0 Å². The van der Waals surface area contributed by atoms with Crippen molar-refractivity contribution in [1.82, 2.24) is 9.88 Å². The van der Waals surface area contributed by atoms with Crippen molar-refractivity contribution >= 4 is 42.4 Å². The van der Waals surface area contributed by atoms with Crippen molar-refractivity contribution < 1.29 is 22.3 Å². The van der Waals surface area contributed by atoms with E-state index >= 15 is 0 Å². The third kappa shape index (κ3) is 5.32. The minimum atomic E-state index is -3.92. The van der Waals surface area contributed by atoms with Gasteiger partial charge in [-0.15, -0.1) is 0 Å². The second kappa shape index (κ2) is 9.62. The van der Waals surface area contributed by atoms with Crippen molar-refractivity contribution in [1.29, 1.82) is 0 Å². The summed E-state index contributed by atoms with van der Waals surface area (Å²) in [4.78, 5) is 21.3. The summed E-state index contributed by atoms with van der Waals surface area (Å²) in [5.74, 6) is -1.80. The Morgan fingerprint density at radius 2 is 1.91 bits per heavy atom. The molecule has 0 N–H and O–H groups in total. The Hall–Kier alpha value is -2.40. The van der Waals surface area contributed by atoms with Crippen LogP contribution >= 0.6 is 11.3 Å². The van der Waals surface area contributed by atoms with Crippen LogP contribution in [-0.2, 0) is 19.4 Å². The van der Waals surface area contributed by atoms with Crippen LogP contribution in [0.25, 0.3) is 10.2 Å². The van der Waals surface area contributed by atoms with Gasteiger partial charge in [0, 0.05) is 26.2 Å². The summed E-state index contributed by atoms with van der Waals surface area (Å²) >= 11 is 1.36. The molecule has 1 saturated heterocycles. The number of fused-ring (bicyclic) bond motifs is 1. The molecule has 3 aromatic rings. The predicted molar refractivity (Wildman–Crippen MR) is 122 cm³/mol. The summed E-state index contributed by atoms with van der Waals surface area (Å²) in [6.45, 7) is 5.66. The number of carbonyl (C=O) groups excluding carboxylic acids is 1. The number of sulfone groups is 1. The van der Waals surface area contributed by atoms with E-state index in [4.69, 9.17) is 4.74 Å². The molecule has 1 aliphatic rings. The van der Waals surface area contributed by atoms with Crippen LogP contribution in [0.2, 0.25) is 0 Å². The molecule has 1 aromatic heterocycles. The van der Waals surface area contributed by atoms with Crippen molar-refractivity contribution in [2.75, 3.05) is 50.0 Å². The molecule has 1 amide bonds. The molecule has 170 valence electrons. The molecule has 2 aromatic carbocycles. The van der Waals surface area contributed by atoms with Gasteiger partial charge < -0.3 is 4.74 Å². The molecule has 1 aliphatic heterocycles. The largest absolute Gasteiger partial charge is 0.379 e. The summed E-state index contributed by atoms with van der Waals surface area (Å²) in [6, 6.07) is 10.3. The minimum Gasteiger partial charge on any atom is -0.379 e. The number of anilines is 1. The third-order valence-corrected chi connectivity index (χ3v) is 7.95. The molecule has 1 fully saturated rings. The number of rotatable bonds is 7. The van der Waals surface area contributed by atoms with Gasteiger partial charge in [0.2, 0.25) is 5.91 Å². The van der Waals surface area contributed by atoms with E-state index in [1.54, 1.807) is 0 Å². The molecule has 7 nitrogen and oxygen atoms in total. The van der Waals surface area contributed by atoms with Gasteiger partial charge in [-0.05, 0) is 48.9 Å². The van der Waals surface area contributed by atoms with E-state index in [1.165, 1.54) is 28.4 Å². The molecular formula is C22H24FN3O4S2. The summed E-state index contributed by atoms with van der Waals surface area (Å²) in [5, 5.41) is 0.471. The summed E-state index contributed by atoms with van der Waals surface area (Å²) < 4.78 is 45.1. The number of thiazole rings is 1. The van der Waals surface area contributed by atoms with Gasteiger partial charge in [0.25, 0.3) is 0 Å². The lowest BCUT2D eigenvalue weighted by atomic mass is 10.2. The number of amides is 1. The summed E-state index contributed by atoms with van der Waals surface area (Å²) in [5.41, 5.74) is 1.85. The number of aryl methyl sites for hydroxylation is 1. The van der Waals surface area contributed by atoms with E-state index in [9.17, 15) is 17.6 Å². The van der Waals surface area contributed by atoms with Crippen LogP contribution < -0.4 is 4.90 Å². The second-order valence-corrected chi connectivity index (χ2v) is 10.7. The van der Waals surface area contributed by atoms with Gasteiger partial charge in [0.15, 0.2) is 15.0 Å². The van der Waals surface area contributed by atoms with Crippen molar-refractivity contribution in [3.05, 3.63) is 53.8 Å². The fourth-order valence-corrected chi connectivity index (χ4v) is 5.80.